The van der Waals surface area contributed by atoms with Crippen LogP contribution in [0.15, 0.2) is 53.1 Å². The van der Waals surface area contributed by atoms with Crippen molar-refractivity contribution in [3.63, 3.8) is 0 Å². The molecular formula is C20H16FN3O4. The van der Waals surface area contributed by atoms with Crippen molar-refractivity contribution >= 4 is 11.9 Å². The fraction of sp³-hybridized carbons (Fsp3) is 0.200. The van der Waals surface area contributed by atoms with Gasteiger partial charge in [-0.2, -0.15) is 4.98 Å². The van der Waals surface area contributed by atoms with E-state index in [4.69, 9.17) is 9.63 Å². The van der Waals surface area contributed by atoms with Crippen molar-refractivity contribution in [2.75, 3.05) is 13.1 Å². The van der Waals surface area contributed by atoms with Crippen LogP contribution < -0.4 is 0 Å². The molecule has 1 fully saturated rings. The second-order valence-electron chi connectivity index (χ2n) is 6.58. The van der Waals surface area contributed by atoms with Crippen molar-refractivity contribution in [1.29, 1.82) is 0 Å². The van der Waals surface area contributed by atoms with Gasteiger partial charge in [-0.15, -0.1) is 0 Å². The number of halogens is 1. The maximum atomic E-state index is 13.0. The molecule has 1 unspecified atom stereocenters. The van der Waals surface area contributed by atoms with E-state index in [-0.39, 0.29) is 24.2 Å². The van der Waals surface area contributed by atoms with E-state index in [0.29, 0.717) is 35.5 Å². The Morgan fingerprint density at radius 2 is 1.75 bits per heavy atom. The van der Waals surface area contributed by atoms with E-state index in [1.54, 1.807) is 41.3 Å². The maximum absolute atomic E-state index is 13.0. The summed E-state index contributed by atoms with van der Waals surface area (Å²) >= 11 is 0. The Morgan fingerprint density at radius 3 is 2.39 bits per heavy atom. The maximum Gasteiger partial charge on any atom is 0.308 e. The highest BCUT2D eigenvalue weighted by Gasteiger charge is 2.31. The lowest BCUT2D eigenvalue weighted by Gasteiger charge is -2.15. The van der Waals surface area contributed by atoms with E-state index in [0.717, 1.165) is 0 Å². The molecule has 1 aliphatic heterocycles. The predicted octanol–water partition coefficient (Wildman–Crippen LogP) is 3.09. The van der Waals surface area contributed by atoms with Gasteiger partial charge in [0.05, 0.1) is 5.92 Å². The van der Waals surface area contributed by atoms with Crippen molar-refractivity contribution in [1.82, 2.24) is 15.0 Å². The van der Waals surface area contributed by atoms with Gasteiger partial charge < -0.3 is 14.5 Å². The van der Waals surface area contributed by atoms with Crippen molar-refractivity contribution in [2.45, 2.75) is 6.42 Å². The van der Waals surface area contributed by atoms with E-state index in [9.17, 15) is 14.0 Å². The number of aliphatic carboxylic acids is 1. The monoisotopic (exact) mass is 381 g/mol. The zero-order chi connectivity index (χ0) is 19.7. The van der Waals surface area contributed by atoms with Crippen LogP contribution in [-0.2, 0) is 4.79 Å². The molecule has 1 amide bonds. The van der Waals surface area contributed by atoms with Crippen molar-refractivity contribution < 1.29 is 23.6 Å². The summed E-state index contributed by atoms with van der Waals surface area (Å²) < 4.78 is 18.2. The first-order valence-corrected chi connectivity index (χ1v) is 8.73. The Morgan fingerprint density at radius 1 is 1.07 bits per heavy atom. The summed E-state index contributed by atoms with van der Waals surface area (Å²) in [5.74, 6) is -1.31. The Balaban J connectivity index is 1.49. The molecule has 7 nitrogen and oxygen atoms in total. The fourth-order valence-electron chi connectivity index (χ4n) is 3.14. The molecule has 4 rings (SSSR count). The average Bonchev–Trinajstić information content (AvgIpc) is 3.38. The minimum Gasteiger partial charge on any atom is -0.481 e. The van der Waals surface area contributed by atoms with Crippen LogP contribution in [0.3, 0.4) is 0 Å². The van der Waals surface area contributed by atoms with Crippen LogP contribution >= 0.6 is 0 Å². The number of likely N-dealkylation sites (tertiary alicyclic amines) is 1. The summed E-state index contributed by atoms with van der Waals surface area (Å²) in [7, 11) is 0. The van der Waals surface area contributed by atoms with Gasteiger partial charge in [-0.1, -0.05) is 17.3 Å². The smallest absolute Gasteiger partial charge is 0.308 e. The lowest BCUT2D eigenvalue weighted by atomic mass is 10.1. The van der Waals surface area contributed by atoms with Crippen LogP contribution in [0.4, 0.5) is 4.39 Å². The topological polar surface area (TPSA) is 96.5 Å². The highest BCUT2D eigenvalue weighted by Crippen LogP contribution is 2.24. The normalized spacial score (nSPS) is 16.3. The molecule has 2 heterocycles. The van der Waals surface area contributed by atoms with Crippen LogP contribution in [0.2, 0.25) is 0 Å². The SMILES string of the molecule is O=C(O)C1CCN(C(=O)c2ccc(-c3noc(-c4ccc(F)cc4)n3)cc2)C1. The minimum atomic E-state index is -0.875. The van der Waals surface area contributed by atoms with Crippen LogP contribution in [0.5, 0.6) is 0 Å². The predicted molar refractivity (Wildman–Crippen MR) is 96.8 cm³/mol. The van der Waals surface area contributed by atoms with Crippen LogP contribution in [0, 0.1) is 11.7 Å². The van der Waals surface area contributed by atoms with Crippen LogP contribution in [0.25, 0.3) is 22.8 Å². The molecule has 1 saturated heterocycles. The van der Waals surface area contributed by atoms with E-state index in [1.807, 2.05) is 0 Å². The number of hydrogen-bond acceptors (Lipinski definition) is 5. The van der Waals surface area contributed by atoms with Gasteiger partial charge in [0.25, 0.3) is 11.8 Å². The van der Waals surface area contributed by atoms with Gasteiger partial charge in [-0.25, -0.2) is 4.39 Å². The highest BCUT2D eigenvalue weighted by atomic mass is 19.1. The first-order valence-electron chi connectivity index (χ1n) is 8.73. The third-order valence-electron chi connectivity index (χ3n) is 4.73. The average molecular weight is 381 g/mol. The molecule has 0 bridgehead atoms. The van der Waals surface area contributed by atoms with Crippen LogP contribution in [0.1, 0.15) is 16.8 Å². The lowest BCUT2D eigenvalue weighted by molar-refractivity contribution is -0.141. The first kappa shape index (κ1) is 17.8. The number of hydrogen-bond donors (Lipinski definition) is 1. The van der Waals surface area contributed by atoms with Crippen molar-refractivity contribution in [2.24, 2.45) is 5.92 Å². The molecule has 1 atom stereocenters. The molecule has 0 radical (unpaired) electrons. The summed E-state index contributed by atoms with van der Waals surface area (Å²) in [6.45, 7) is 0.658. The van der Waals surface area contributed by atoms with Gasteiger partial charge in [0.2, 0.25) is 5.82 Å². The molecule has 0 saturated carbocycles. The number of carbonyl (C=O) groups excluding carboxylic acids is 1. The Bertz CT molecular complexity index is 1010. The molecule has 3 aromatic rings. The third-order valence-corrected chi connectivity index (χ3v) is 4.73. The van der Waals surface area contributed by atoms with E-state index < -0.39 is 11.9 Å². The third kappa shape index (κ3) is 3.48. The number of carboxylic acids is 1. The number of benzene rings is 2. The lowest BCUT2D eigenvalue weighted by Crippen LogP contribution is -2.29. The zero-order valence-corrected chi connectivity index (χ0v) is 14.7. The van der Waals surface area contributed by atoms with Gasteiger partial charge in [0.1, 0.15) is 5.82 Å². The molecule has 2 aromatic carbocycles. The number of nitrogens with zero attached hydrogens (tertiary/aromatic N) is 3. The molecule has 0 spiro atoms. The van der Waals surface area contributed by atoms with Gasteiger partial charge in [0.15, 0.2) is 0 Å². The first-order chi connectivity index (χ1) is 13.5. The van der Waals surface area contributed by atoms with Crippen LogP contribution in [-0.4, -0.2) is 45.1 Å². The number of carboxylic acid groups (broad SMARTS) is 1. The van der Waals surface area contributed by atoms with E-state index in [2.05, 4.69) is 10.1 Å². The number of amides is 1. The molecular weight excluding hydrogens is 365 g/mol. The summed E-state index contributed by atoms with van der Waals surface area (Å²) in [5, 5.41) is 13.0. The quantitative estimate of drug-likeness (QED) is 0.746. The van der Waals surface area contributed by atoms with Gasteiger partial charge in [0, 0.05) is 29.8 Å². The van der Waals surface area contributed by atoms with E-state index >= 15 is 0 Å². The summed E-state index contributed by atoms with van der Waals surface area (Å²) in [6.07, 6.45) is 0.466. The largest absolute Gasteiger partial charge is 0.481 e. The van der Waals surface area contributed by atoms with Crippen molar-refractivity contribution in [3.8, 4) is 22.8 Å². The zero-order valence-electron chi connectivity index (χ0n) is 14.7. The Hall–Kier alpha value is -3.55. The molecule has 0 aliphatic carbocycles. The summed E-state index contributed by atoms with van der Waals surface area (Å²) in [4.78, 5) is 29.4. The summed E-state index contributed by atoms with van der Waals surface area (Å²) in [5.41, 5.74) is 1.74. The molecule has 8 heteroatoms. The number of rotatable bonds is 4. The second kappa shape index (κ2) is 7.22. The molecule has 1 N–H and O–H groups in total. The second-order valence-corrected chi connectivity index (χ2v) is 6.58. The highest BCUT2D eigenvalue weighted by molar-refractivity contribution is 5.95. The number of carbonyl (C=O) groups is 2. The van der Waals surface area contributed by atoms with Gasteiger partial charge >= 0.3 is 5.97 Å². The molecule has 1 aliphatic rings. The Labute approximate surface area is 159 Å². The minimum absolute atomic E-state index is 0.199. The Kier molecular flexibility index (Phi) is 4.60. The van der Waals surface area contributed by atoms with E-state index in [1.165, 1.54) is 12.1 Å². The van der Waals surface area contributed by atoms with Gasteiger partial charge in [-0.3, -0.25) is 9.59 Å². The summed E-state index contributed by atoms with van der Waals surface area (Å²) in [6, 6.07) is 12.4. The molecule has 1 aromatic heterocycles. The molecule has 142 valence electrons. The van der Waals surface area contributed by atoms with Gasteiger partial charge in [-0.05, 0) is 42.8 Å². The number of aromatic nitrogens is 2. The van der Waals surface area contributed by atoms with Crippen molar-refractivity contribution in [3.05, 3.63) is 59.9 Å². The standard InChI is InChI=1S/C20H16FN3O4/c21-16-7-5-13(6-8-16)18-22-17(23-28-18)12-1-3-14(4-2-12)19(25)24-10-9-15(11-24)20(26)27/h1-8,15H,9-11H2,(H,26,27). The molecule has 28 heavy (non-hydrogen) atoms. The fourth-order valence-corrected chi connectivity index (χ4v) is 3.14.